The minimum Gasteiger partial charge on any atom is -0.397 e. The number of hydrogen-bond acceptors (Lipinski definition) is 4. The largest absolute Gasteiger partial charge is 0.397 e. The van der Waals surface area contributed by atoms with Crippen LogP contribution in [0.25, 0.3) is 0 Å². The van der Waals surface area contributed by atoms with E-state index in [1.54, 1.807) is 12.3 Å². The van der Waals surface area contributed by atoms with Crippen molar-refractivity contribution in [2.45, 2.75) is 31.0 Å². The number of rotatable bonds is 5. The Kier molecular flexibility index (Phi) is 5.28. The van der Waals surface area contributed by atoms with Gasteiger partial charge in [0.2, 0.25) is 5.91 Å². The SMILES string of the molecule is CC(C)CNC(=O)C(C)Sc1ccc(N)cn1. The van der Waals surface area contributed by atoms with Gasteiger partial charge in [-0.15, -0.1) is 0 Å². The summed E-state index contributed by atoms with van der Waals surface area (Å²) in [5, 5.41) is 3.56. The second-order valence-electron chi connectivity index (χ2n) is 4.33. The third-order valence-corrected chi connectivity index (χ3v) is 3.16. The van der Waals surface area contributed by atoms with E-state index in [1.165, 1.54) is 11.8 Å². The van der Waals surface area contributed by atoms with Crippen LogP contribution in [-0.2, 0) is 4.79 Å². The number of aromatic nitrogens is 1. The molecule has 0 radical (unpaired) electrons. The molecule has 0 spiro atoms. The summed E-state index contributed by atoms with van der Waals surface area (Å²) in [5.41, 5.74) is 6.18. The molecule has 1 aromatic rings. The average molecular weight is 253 g/mol. The molecule has 5 heteroatoms. The Balaban J connectivity index is 2.45. The van der Waals surface area contributed by atoms with E-state index >= 15 is 0 Å². The molecule has 1 unspecified atom stereocenters. The highest BCUT2D eigenvalue weighted by Crippen LogP contribution is 2.21. The first-order valence-electron chi connectivity index (χ1n) is 5.65. The molecule has 0 fully saturated rings. The second kappa shape index (κ2) is 6.49. The third kappa shape index (κ3) is 5.08. The molecule has 0 bridgehead atoms. The van der Waals surface area contributed by atoms with Crippen LogP contribution in [0.3, 0.4) is 0 Å². The number of pyridine rings is 1. The van der Waals surface area contributed by atoms with E-state index in [0.717, 1.165) is 5.03 Å². The Morgan fingerprint density at radius 3 is 2.71 bits per heavy atom. The Morgan fingerprint density at radius 2 is 2.18 bits per heavy atom. The fourth-order valence-electron chi connectivity index (χ4n) is 1.14. The summed E-state index contributed by atoms with van der Waals surface area (Å²) in [4.78, 5) is 15.9. The predicted octanol–water partition coefficient (Wildman–Crippen LogP) is 1.92. The van der Waals surface area contributed by atoms with Crippen LogP contribution in [0.1, 0.15) is 20.8 Å². The van der Waals surface area contributed by atoms with Gasteiger partial charge >= 0.3 is 0 Å². The fraction of sp³-hybridized carbons (Fsp3) is 0.500. The van der Waals surface area contributed by atoms with Gasteiger partial charge in [-0.2, -0.15) is 0 Å². The second-order valence-corrected chi connectivity index (χ2v) is 5.69. The molecule has 1 atom stereocenters. The van der Waals surface area contributed by atoms with Crippen molar-refractivity contribution in [3.8, 4) is 0 Å². The molecule has 0 aromatic carbocycles. The number of nitrogen functional groups attached to an aromatic ring is 1. The zero-order chi connectivity index (χ0) is 12.8. The number of amides is 1. The number of anilines is 1. The maximum Gasteiger partial charge on any atom is 0.233 e. The van der Waals surface area contributed by atoms with Gasteiger partial charge in [0.25, 0.3) is 0 Å². The highest BCUT2D eigenvalue weighted by molar-refractivity contribution is 8.00. The van der Waals surface area contributed by atoms with E-state index in [9.17, 15) is 4.79 Å². The van der Waals surface area contributed by atoms with E-state index in [2.05, 4.69) is 24.1 Å². The number of thioether (sulfide) groups is 1. The number of nitrogens with one attached hydrogen (secondary N) is 1. The van der Waals surface area contributed by atoms with Crippen molar-refractivity contribution >= 4 is 23.4 Å². The summed E-state index contributed by atoms with van der Waals surface area (Å²) >= 11 is 1.43. The summed E-state index contributed by atoms with van der Waals surface area (Å²) in [7, 11) is 0. The first-order chi connectivity index (χ1) is 7.99. The molecule has 1 heterocycles. The molecule has 0 saturated heterocycles. The van der Waals surface area contributed by atoms with E-state index < -0.39 is 0 Å². The van der Waals surface area contributed by atoms with Crippen LogP contribution in [0.4, 0.5) is 5.69 Å². The molecular formula is C12H19N3OS. The summed E-state index contributed by atoms with van der Waals surface area (Å²) < 4.78 is 0. The van der Waals surface area contributed by atoms with Crippen LogP contribution >= 0.6 is 11.8 Å². The molecule has 94 valence electrons. The first kappa shape index (κ1) is 13.8. The molecule has 0 aliphatic rings. The Bertz CT molecular complexity index is 365. The lowest BCUT2D eigenvalue weighted by atomic mass is 10.2. The summed E-state index contributed by atoms with van der Waals surface area (Å²) in [6, 6.07) is 3.61. The minimum atomic E-state index is -0.148. The van der Waals surface area contributed by atoms with E-state index in [0.29, 0.717) is 18.2 Å². The molecule has 1 rings (SSSR count). The van der Waals surface area contributed by atoms with Crippen LogP contribution in [0.5, 0.6) is 0 Å². The molecule has 0 aliphatic heterocycles. The van der Waals surface area contributed by atoms with Crippen LogP contribution in [0.15, 0.2) is 23.4 Å². The van der Waals surface area contributed by atoms with Crippen molar-refractivity contribution in [3.63, 3.8) is 0 Å². The van der Waals surface area contributed by atoms with E-state index in [4.69, 9.17) is 5.73 Å². The monoisotopic (exact) mass is 253 g/mol. The van der Waals surface area contributed by atoms with Crippen molar-refractivity contribution < 1.29 is 4.79 Å². The normalized spacial score (nSPS) is 12.5. The fourth-order valence-corrected chi connectivity index (χ4v) is 1.96. The van der Waals surface area contributed by atoms with E-state index in [1.807, 2.05) is 13.0 Å². The zero-order valence-corrected chi connectivity index (χ0v) is 11.3. The summed E-state index contributed by atoms with van der Waals surface area (Å²) in [5.74, 6) is 0.508. The summed E-state index contributed by atoms with van der Waals surface area (Å²) in [6.07, 6.45) is 1.60. The maximum absolute atomic E-state index is 11.7. The summed E-state index contributed by atoms with van der Waals surface area (Å²) in [6.45, 7) is 6.72. The number of hydrogen-bond donors (Lipinski definition) is 2. The molecular weight excluding hydrogens is 234 g/mol. The maximum atomic E-state index is 11.7. The van der Waals surface area contributed by atoms with Crippen molar-refractivity contribution in [2.75, 3.05) is 12.3 Å². The van der Waals surface area contributed by atoms with Gasteiger partial charge in [0.1, 0.15) is 0 Å². The number of carbonyl (C=O) groups excluding carboxylic acids is 1. The predicted molar refractivity (Wildman–Crippen MR) is 71.8 cm³/mol. The number of nitrogens with zero attached hydrogens (tertiary/aromatic N) is 1. The topological polar surface area (TPSA) is 68.0 Å². The molecule has 3 N–H and O–H groups in total. The Labute approximate surface area is 106 Å². The van der Waals surface area contributed by atoms with Gasteiger partial charge in [-0.05, 0) is 25.0 Å². The van der Waals surface area contributed by atoms with Crippen LogP contribution in [0, 0.1) is 5.92 Å². The van der Waals surface area contributed by atoms with Crippen LogP contribution in [-0.4, -0.2) is 22.7 Å². The molecule has 0 saturated carbocycles. The lowest BCUT2D eigenvalue weighted by molar-refractivity contribution is -0.120. The lowest BCUT2D eigenvalue weighted by Crippen LogP contribution is -2.33. The smallest absolute Gasteiger partial charge is 0.233 e. The molecule has 0 aliphatic carbocycles. The van der Waals surface area contributed by atoms with E-state index in [-0.39, 0.29) is 11.2 Å². The first-order valence-corrected chi connectivity index (χ1v) is 6.53. The highest BCUT2D eigenvalue weighted by atomic mass is 32.2. The standard InChI is InChI=1S/C12H19N3OS/c1-8(2)6-15-12(16)9(3)17-11-5-4-10(13)7-14-11/h4-5,7-9H,6,13H2,1-3H3,(H,15,16). The Hall–Kier alpha value is -1.23. The third-order valence-electron chi connectivity index (χ3n) is 2.11. The van der Waals surface area contributed by atoms with Crippen molar-refractivity contribution in [1.82, 2.24) is 10.3 Å². The van der Waals surface area contributed by atoms with Crippen molar-refractivity contribution in [2.24, 2.45) is 5.92 Å². The van der Waals surface area contributed by atoms with Crippen LogP contribution < -0.4 is 11.1 Å². The van der Waals surface area contributed by atoms with Gasteiger partial charge in [0.05, 0.1) is 22.2 Å². The molecule has 1 amide bonds. The van der Waals surface area contributed by atoms with Gasteiger partial charge in [-0.3, -0.25) is 4.79 Å². The molecule has 4 nitrogen and oxygen atoms in total. The number of carbonyl (C=O) groups is 1. The van der Waals surface area contributed by atoms with Gasteiger partial charge in [0.15, 0.2) is 0 Å². The van der Waals surface area contributed by atoms with Gasteiger partial charge < -0.3 is 11.1 Å². The van der Waals surface area contributed by atoms with Crippen LogP contribution in [0.2, 0.25) is 0 Å². The molecule has 1 aromatic heterocycles. The van der Waals surface area contributed by atoms with Gasteiger partial charge in [0, 0.05) is 6.54 Å². The minimum absolute atomic E-state index is 0.0438. The highest BCUT2D eigenvalue weighted by Gasteiger charge is 2.14. The zero-order valence-electron chi connectivity index (χ0n) is 10.4. The van der Waals surface area contributed by atoms with Crippen molar-refractivity contribution in [3.05, 3.63) is 18.3 Å². The average Bonchev–Trinajstić information content (AvgIpc) is 2.28. The lowest BCUT2D eigenvalue weighted by Gasteiger charge is -2.12. The number of nitrogens with two attached hydrogens (primary N) is 1. The quantitative estimate of drug-likeness (QED) is 0.787. The Morgan fingerprint density at radius 1 is 1.47 bits per heavy atom. The molecule has 17 heavy (non-hydrogen) atoms. The van der Waals surface area contributed by atoms with Gasteiger partial charge in [-0.1, -0.05) is 25.6 Å². The van der Waals surface area contributed by atoms with Crippen molar-refractivity contribution in [1.29, 1.82) is 0 Å². The van der Waals surface area contributed by atoms with Gasteiger partial charge in [-0.25, -0.2) is 4.98 Å².